The molecule has 4 aromatic rings. The Bertz CT molecular complexity index is 1360. The molecule has 0 aromatic heterocycles. The maximum Gasteiger partial charge on any atom is 0.135 e. The Labute approximate surface area is 195 Å². The van der Waals surface area contributed by atoms with Crippen LogP contribution < -0.4 is 4.74 Å². The molecule has 4 aromatic carbocycles. The van der Waals surface area contributed by atoms with Gasteiger partial charge in [-0.1, -0.05) is 30.9 Å². The fourth-order valence-corrected chi connectivity index (χ4v) is 4.52. The lowest BCUT2D eigenvalue weighted by Crippen LogP contribution is -2.11. The highest BCUT2D eigenvalue weighted by Gasteiger charge is 2.37. The van der Waals surface area contributed by atoms with Gasteiger partial charge in [0.05, 0.1) is 11.5 Å². The smallest absolute Gasteiger partial charge is 0.135 e. The van der Waals surface area contributed by atoms with E-state index in [0.717, 1.165) is 16.7 Å². The topological polar surface area (TPSA) is 110 Å². The maximum absolute atomic E-state index is 10.3. The zero-order valence-electron chi connectivity index (χ0n) is 18.0. The Hall–Kier alpha value is -4.58. The van der Waals surface area contributed by atoms with Gasteiger partial charge >= 0.3 is 0 Å². The first-order valence-electron chi connectivity index (χ1n) is 10.7. The second kappa shape index (κ2) is 8.08. The highest BCUT2D eigenvalue weighted by Crippen LogP contribution is 2.51. The van der Waals surface area contributed by atoms with E-state index in [9.17, 15) is 25.5 Å². The number of ether oxygens (including phenoxy) is 1. The minimum absolute atomic E-state index is 0.0704. The van der Waals surface area contributed by atoms with Crippen molar-refractivity contribution >= 4 is 6.08 Å². The van der Waals surface area contributed by atoms with Crippen molar-refractivity contribution in [3.63, 3.8) is 0 Å². The third kappa shape index (κ3) is 3.65. The third-order valence-corrected chi connectivity index (χ3v) is 6.08. The van der Waals surface area contributed by atoms with Crippen molar-refractivity contribution < 1.29 is 30.3 Å². The summed E-state index contributed by atoms with van der Waals surface area (Å²) < 4.78 is 6.30. The molecule has 1 aliphatic heterocycles. The fraction of sp³-hybridized carbons (Fsp3) is 0.0714. The summed E-state index contributed by atoms with van der Waals surface area (Å²) in [5, 5.41) is 50.6. The zero-order chi connectivity index (χ0) is 24.0. The number of rotatable bonds is 4. The van der Waals surface area contributed by atoms with Gasteiger partial charge < -0.3 is 30.3 Å². The summed E-state index contributed by atoms with van der Waals surface area (Å²) in [6, 6.07) is 19.8. The Balaban J connectivity index is 1.66. The minimum Gasteiger partial charge on any atom is -0.508 e. The van der Waals surface area contributed by atoms with Gasteiger partial charge in [0.1, 0.15) is 40.6 Å². The van der Waals surface area contributed by atoms with Gasteiger partial charge in [-0.15, -0.1) is 0 Å². The molecule has 34 heavy (non-hydrogen) atoms. The van der Waals surface area contributed by atoms with Crippen molar-refractivity contribution in [1.29, 1.82) is 0 Å². The first-order chi connectivity index (χ1) is 16.3. The SMILES string of the molecule is C=Cc1c(O)cc(-c2ccc3c(c2)C(c2cc(O)cc(O)c2)C(c2ccc(O)cc2)O3)cc1O. The van der Waals surface area contributed by atoms with Gasteiger partial charge in [-0.05, 0) is 70.8 Å². The molecule has 2 unspecified atom stereocenters. The summed E-state index contributed by atoms with van der Waals surface area (Å²) >= 11 is 0. The normalized spacial score (nSPS) is 16.6. The predicted octanol–water partition coefficient (Wildman–Crippen LogP) is 5.79. The van der Waals surface area contributed by atoms with Gasteiger partial charge in [-0.3, -0.25) is 0 Å². The largest absolute Gasteiger partial charge is 0.508 e. The Morgan fingerprint density at radius 1 is 0.647 bits per heavy atom. The number of benzene rings is 4. The number of phenols is 5. The Morgan fingerprint density at radius 2 is 1.29 bits per heavy atom. The third-order valence-electron chi connectivity index (χ3n) is 6.08. The second-order valence-corrected chi connectivity index (χ2v) is 8.28. The maximum atomic E-state index is 10.3. The van der Waals surface area contributed by atoms with Crippen molar-refractivity contribution in [1.82, 2.24) is 0 Å². The fourth-order valence-electron chi connectivity index (χ4n) is 4.52. The van der Waals surface area contributed by atoms with Crippen molar-refractivity contribution in [2.75, 3.05) is 0 Å². The molecule has 0 saturated carbocycles. The molecule has 1 heterocycles. The van der Waals surface area contributed by atoms with E-state index in [1.807, 2.05) is 18.2 Å². The van der Waals surface area contributed by atoms with E-state index in [-0.39, 0.29) is 40.2 Å². The van der Waals surface area contributed by atoms with Crippen LogP contribution in [0.5, 0.6) is 34.5 Å². The molecule has 0 amide bonds. The van der Waals surface area contributed by atoms with Crippen molar-refractivity contribution in [3.8, 4) is 45.6 Å². The van der Waals surface area contributed by atoms with Gasteiger partial charge in [0.2, 0.25) is 0 Å². The lowest BCUT2D eigenvalue weighted by atomic mass is 9.84. The van der Waals surface area contributed by atoms with Crippen molar-refractivity contribution in [2.45, 2.75) is 12.0 Å². The molecule has 2 atom stereocenters. The molecular weight excluding hydrogens is 432 g/mol. The molecular formula is C28H22O6. The van der Waals surface area contributed by atoms with E-state index in [4.69, 9.17) is 4.74 Å². The number of fused-ring (bicyclic) bond motifs is 1. The van der Waals surface area contributed by atoms with E-state index >= 15 is 0 Å². The van der Waals surface area contributed by atoms with E-state index in [2.05, 4.69) is 6.58 Å². The highest BCUT2D eigenvalue weighted by atomic mass is 16.5. The molecule has 5 N–H and O–H groups in total. The number of hydrogen-bond donors (Lipinski definition) is 5. The molecule has 0 radical (unpaired) electrons. The summed E-state index contributed by atoms with van der Waals surface area (Å²) in [6.07, 6.45) is 0.912. The number of aromatic hydroxyl groups is 5. The molecule has 6 nitrogen and oxygen atoms in total. The molecule has 0 fully saturated rings. The molecule has 0 aliphatic carbocycles. The molecule has 0 saturated heterocycles. The molecule has 170 valence electrons. The molecule has 5 rings (SSSR count). The first kappa shape index (κ1) is 21.3. The van der Waals surface area contributed by atoms with Crippen LogP contribution in [0.2, 0.25) is 0 Å². The van der Waals surface area contributed by atoms with Gasteiger partial charge in [0, 0.05) is 11.6 Å². The molecule has 0 bridgehead atoms. The van der Waals surface area contributed by atoms with Crippen LogP contribution in [0, 0.1) is 0 Å². The van der Waals surface area contributed by atoms with Crippen LogP contribution >= 0.6 is 0 Å². The van der Waals surface area contributed by atoms with E-state index < -0.39 is 6.10 Å². The van der Waals surface area contributed by atoms with Crippen LogP contribution in [-0.2, 0) is 0 Å². The van der Waals surface area contributed by atoms with E-state index in [1.54, 1.807) is 48.5 Å². The quantitative estimate of drug-likeness (QED) is 0.267. The van der Waals surface area contributed by atoms with Crippen LogP contribution in [-0.4, -0.2) is 25.5 Å². The highest BCUT2D eigenvalue weighted by molar-refractivity contribution is 5.75. The number of phenolic OH excluding ortho intramolecular Hbond substituents is 5. The predicted molar refractivity (Wildman–Crippen MR) is 128 cm³/mol. The minimum atomic E-state index is -0.475. The van der Waals surface area contributed by atoms with Gasteiger partial charge in [-0.2, -0.15) is 0 Å². The van der Waals surface area contributed by atoms with Gasteiger partial charge in [0.25, 0.3) is 0 Å². The van der Waals surface area contributed by atoms with Crippen LogP contribution in [0.1, 0.15) is 34.3 Å². The Morgan fingerprint density at radius 3 is 1.91 bits per heavy atom. The summed E-state index contributed by atoms with van der Waals surface area (Å²) in [6.45, 7) is 3.61. The van der Waals surface area contributed by atoms with Gasteiger partial charge in [-0.25, -0.2) is 0 Å². The second-order valence-electron chi connectivity index (χ2n) is 8.28. The monoisotopic (exact) mass is 454 g/mol. The zero-order valence-corrected chi connectivity index (χ0v) is 18.0. The average Bonchev–Trinajstić information content (AvgIpc) is 3.17. The van der Waals surface area contributed by atoms with E-state index in [0.29, 0.717) is 16.9 Å². The number of hydrogen-bond acceptors (Lipinski definition) is 6. The lowest BCUT2D eigenvalue weighted by molar-refractivity contribution is 0.222. The average molecular weight is 454 g/mol. The van der Waals surface area contributed by atoms with Crippen molar-refractivity contribution in [3.05, 3.63) is 102 Å². The summed E-state index contributed by atoms with van der Waals surface area (Å²) in [7, 11) is 0. The van der Waals surface area contributed by atoms with Gasteiger partial charge in [0.15, 0.2) is 0 Å². The van der Waals surface area contributed by atoms with Crippen LogP contribution in [0.25, 0.3) is 17.2 Å². The molecule has 0 spiro atoms. The van der Waals surface area contributed by atoms with Crippen LogP contribution in [0.15, 0.2) is 79.4 Å². The molecule has 6 heteroatoms. The summed E-state index contributed by atoms with van der Waals surface area (Å²) in [4.78, 5) is 0. The van der Waals surface area contributed by atoms with Crippen LogP contribution in [0.3, 0.4) is 0 Å². The summed E-state index contributed by atoms with van der Waals surface area (Å²) in [5.74, 6) is 0.0721. The Kier molecular flexibility index (Phi) is 5.06. The molecule has 1 aliphatic rings. The summed E-state index contributed by atoms with van der Waals surface area (Å²) in [5.41, 5.74) is 3.88. The lowest BCUT2D eigenvalue weighted by Gasteiger charge is -2.21. The first-order valence-corrected chi connectivity index (χ1v) is 10.7. The standard InChI is InChI=1S/C28H22O6/c1-2-22-24(32)12-17(13-25(22)33)16-5-8-26-23(11-16)27(18-9-20(30)14-21(31)10-18)28(34-26)15-3-6-19(29)7-4-15/h2-14,27-33H,1H2. The van der Waals surface area contributed by atoms with E-state index in [1.165, 1.54) is 12.1 Å². The van der Waals surface area contributed by atoms with Crippen LogP contribution in [0.4, 0.5) is 0 Å². The van der Waals surface area contributed by atoms with Crippen molar-refractivity contribution in [2.24, 2.45) is 0 Å².